The highest BCUT2D eigenvalue weighted by Gasteiger charge is 2.04. The predicted molar refractivity (Wildman–Crippen MR) is 82.8 cm³/mol. The van der Waals surface area contributed by atoms with Gasteiger partial charge in [-0.25, -0.2) is 0 Å². The molecule has 2 rings (SSSR count). The largest absolute Gasteiger partial charge is 0.378 e. The molecule has 0 unspecified atom stereocenters. The van der Waals surface area contributed by atoms with E-state index < -0.39 is 0 Å². The number of benzene rings is 1. The number of halogens is 1. The van der Waals surface area contributed by atoms with E-state index in [1.807, 2.05) is 50.2 Å². The molecule has 0 fully saturated rings. The van der Waals surface area contributed by atoms with E-state index in [0.29, 0.717) is 0 Å². The Bertz CT molecular complexity index is 589. The molecular weight excluding hydrogens is 302 g/mol. The second-order valence-electron chi connectivity index (χ2n) is 4.56. The average Bonchev–Trinajstić information content (AvgIpc) is 2.40. The molecule has 1 heterocycles. The third-order valence-electron chi connectivity index (χ3n) is 2.83. The first-order valence-electron chi connectivity index (χ1n) is 6.06. The fraction of sp³-hybridized carbons (Fsp3) is 0.200. The molecular formula is C15H17BrN3+. The number of rotatable bonds is 3. The lowest BCUT2D eigenvalue weighted by molar-refractivity contribution is -0.684. The molecule has 0 saturated carbocycles. The summed E-state index contributed by atoms with van der Waals surface area (Å²) in [5.41, 5.74) is 3.35. The quantitative estimate of drug-likeness (QED) is 0.629. The molecule has 0 aliphatic heterocycles. The topological polar surface area (TPSA) is 19.5 Å². The fourth-order valence-electron chi connectivity index (χ4n) is 1.65. The Morgan fingerprint density at radius 3 is 2.42 bits per heavy atom. The molecule has 0 spiro atoms. The fourth-order valence-corrected chi connectivity index (χ4v) is 1.98. The zero-order chi connectivity index (χ0) is 13.8. The van der Waals surface area contributed by atoms with E-state index in [0.717, 1.165) is 15.7 Å². The third kappa shape index (κ3) is 3.64. The molecule has 0 amide bonds. The monoisotopic (exact) mass is 318 g/mol. The summed E-state index contributed by atoms with van der Waals surface area (Å²) in [5, 5.41) is 4.46. The first-order valence-corrected chi connectivity index (χ1v) is 6.85. The molecule has 98 valence electrons. The Labute approximate surface area is 122 Å². The van der Waals surface area contributed by atoms with Crippen molar-refractivity contribution in [3.8, 4) is 0 Å². The molecule has 3 nitrogen and oxygen atoms in total. The molecule has 19 heavy (non-hydrogen) atoms. The maximum atomic E-state index is 4.46. The highest BCUT2D eigenvalue weighted by Crippen LogP contribution is 2.11. The summed E-state index contributed by atoms with van der Waals surface area (Å²) in [6, 6.07) is 12.3. The van der Waals surface area contributed by atoms with Gasteiger partial charge in [0.15, 0.2) is 0 Å². The van der Waals surface area contributed by atoms with E-state index in [1.165, 1.54) is 5.69 Å². The molecule has 0 N–H and O–H groups in total. The third-order valence-corrected chi connectivity index (χ3v) is 3.30. The van der Waals surface area contributed by atoms with Crippen molar-refractivity contribution < 1.29 is 4.68 Å². The Hall–Kier alpha value is -1.68. The van der Waals surface area contributed by atoms with E-state index in [9.17, 15) is 0 Å². The van der Waals surface area contributed by atoms with Crippen molar-refractivity contribution in [2.75, 3.05) is 19.0 Å². The van der Waals surface area contributed by atoms with Gasteiger partial charge in [0.2, 0.25) is 11.9 Å². The molecule has 4 heteroatoms. The number of hydrogen-bond acceptors (Lipinski definition) is 2. The van der Waals surface area contributed by atoms with Gasteiger partial charge in [0.05, 0.1) is 4.47 Å². The summed E-state index contributed by atoms with van der Waals surface area (Å²) in [5.74, 6) is 0. The average molecular weight is 319 g/mol. The van der Waals surface area contributed by atoms with Crippen molar-refractivity contribution in [3.05, 3.63) is 58.3 Å². The number of nitrogens with zero attached hydrogens (tertiary/aromatic N) is 3. The zero-order valence-corrected chi connectivity index (χ0v) is 12.9. The minimum atomic E-state index is 1.01. The van der Waals surface area contributed by atoms with Crippen LogP contribution in [-0.4, -0.2) is 20.3 Å². The van der Waals surface area contributed by atoms with Gasteiger partial charge in [0.1, 0.15) is 6.21 Å². The van der Waals surface area contributed by atoms with Crippen LogP contribution in [0.1, 0.15) is 11.3 Å². The van der Waals surface area contributed by atoms with Crippen molar-refractivity contribution in [3.63, 3.8) is 0 Å². The number of aryl methyl sites for hydroxylation is 1. The molecule has 1 aromatic heterocycles. The van der Waals surface area contributed by atoms with Gasteiger partial charge in [-0.2, -0.15) is 0 Å². The Balaban J connectivity index is 2.20. The van der Waals surface area contributed by atoms with Crippen LogP contribution in [0.4, 0.5) is 5.69 Å². The molecule has 0 aliphatic rings. The first-order chi connectivity index (χ1) is 9.06. The van der Waals surface area contributed by atoms with Gasteiger partial charge >= 0.3 is 0 Å². The lowest BCUT2D eigenvalue weighted by Gasteiger charge is -2.11. The van der Waals surface area contributed by atoms with Crippen LogP contribution in [0.25, 0.3) is 0 Å². The molecule has 2 aromatic rings. The van der Waals surface area contributed by atoms with Crippen LogP contribution >= 0.6 is 15.9 Å². The van der Waals surface area contributed by atoms with Gasteiger partial charge in [-0.1, -0.05) is 16.8 Å². The van der Waals surface area contributed by atoms with Crippen LogP contribution in [0.15, 0.2) is 52.2 Å². The molecule has 0 atom stereocenters. The van der Waals surface area contributed by atoms with Crippen molar-refractivity contribution in [1.29, 1.82) is 0 Å². The van der Waals surface area contributed by atoms with E-state index in [4.69, 9.17) is 0 Å². The maximum absolute atomic E-state index is 4.46. The van der Waals surface area contributed by atoms with Crippen LogP contribution < -0.4 is 9.58 Å². The van der Waals surface area contributed by atoms with Gasteiger partial charge in [-0.15, -0.1) is 0 Å². The normalized spacial score (nSPS) is 10.9. The highest BCUT2D eigenvalue weighted by atomic mass is 79.9. The minimum Gasteiger partial charge on any atom is -0.378 e. The van der Waals surface area contributed by atoms with Crippen LogP contribution in [0.3, 0.4) is 0 Å². The molecule has 1 aromatic carbocycles. The zero-order valence-electron chi connectivity index (χ0n) is 11.3. The molecule has 0 aliphatic carbocycles. The summed E-state index contributed by atoms with van der Waals surface area (Å²) >= 11 is 3.45. The summed E-state index contributed by atoms with van der Waals surface area (Å²) in [6.45, 7) is 2.03. The van der Waals surface area contributed by atoms with Crippen molar-refractivity contribution in [1.82, 2.24) is 0 Å². The SMILES string of the molecule is Cc1ccc(Br)c[n+]1/N=C/c1ccc(N(C)C)cc1. The number of anilines is 1. The van der Waals surface area contributed by atoms with Gasteiger partial charge in [0.25, 0.3) is 0 Å². The van der Waals surface area contributed by atoms with Crippen LogP contribution in [-0.2, 0) is 0 Å². The minimum absolute atomic E-state index is 1.01. The molecule has 0 saturated heterocycles. The second kappa shape index (κ2) is 5.97. The lowest BCUT2D eigenvalue weighted by Crippen LogP contribution is -2.30. The van der Waals surface area contributed by atoms with Crippen LogP contribution in [0.2, 0.25) is 0 Å². The summed E-state index contributed by atoms with van der Waals surface area (Å²) in [7, 11) is 4.06. The Morgan fingerprint density at radius 2 is 1.79 bits per heavy atom. The summed E-state index contributed by atoms with van der Waals surface area (Å²) in [4.78, 5) is 2.08. The van der Waals surface area contributed by atoms with Crippen molar-refractivity contribution in [2.45, 2.75) is 6.92 Å². The van der Waals surface area contributed by atoms with E-state index in [1.54, 1.807) is 0 Å². The second-order valence-corrected chi connectivity index (χ2v) is 5.48. The lowest BCUT2D eigenvalue weighted by atomic mass is 10.2. The molecule has 0 radical (unpaired) electrons. The van der Waals surface area contributed by atoms with Crippen LogP contribution in [0, 0.1) is 6.92 Å². The Morgan fingerprint density at radius 1 is 1.11 bits per heavy atom. The van der Waals surface area contributed by atoms with Crippen molar-refractivity contribution >= 4 is 27.8 Å². The smallest absolute Gasteiger partial charge is 0.216 e. The highest BCUT2D eigenvalue weighted by molar-refractivity contribution is 9.10. The maximum Gasteiger partial charge on any atom is 0.216 e. The van der Waals surface area contributed by atoms with E-state index in [2.05, 4.69) is 50.2 Å². The standard InChI is InChI=1S/C15H17BrN3/c1-12-4-7-14(16)11-19(12)17-10-13-5-8-15(9-6-13)18(2)3/h4-11H,1-3H3/q+1/b17-10+. The predicted octanol–water partition coefficient (Wildman–Crippen LogP) is 2.99. The summed E-state index contributed by atoms with van der Waals surface area (Å²) < 4.78 is 2.86. The number of hydrogen-bond donors (Lipinski definition) is 0. The van der Waals surface area contributed by atoms with Gasteiger partial charge in [0, 0.05) is 32.8 Å². The Kier molecular flexibility index (Phi) is 4.32. The van der Waals surface area contributed by atoms with Gasteiger partial charge in [-0.3, -0.25) is 0 Å². The number of pyridine rings is 1. The van der Waals surface area contributed by atoms with Crippen LogP contribution in [0.5, 0.6) is 0 Å². The van der Waals surface area contributed by atoms with Crippen molar-refractivity contribution in [2.24, 2.45) is 5.10 Å². The molecule has 0 bridgehead atoms. The van der Waals surface area contributed by atoms with E-state index in [-0.39, 0.29) is 0 Å². The summed E-state index contributed by atoms with van der Waals surface area (Å²) in [6.07, 6.45) is 3.80. The van der Waals surface area contributed by atoms with Gasteiger partial charge < -0.3 is 4.90 Å². The number of aromatic nitrogens is 1. The van der Waals surface area contributed by atoms with Gasteiger partial charge in [-0.05, 0) is 44.8 Å². The van der Waals surface area contributed by atoms with E-state index >= 15 is 0 Å². The first kappa shape index (κ1) is 13.7.